The Morgan fingerprint density at radius 2 is 2.13 bits per heavy atom. The van der Waals surface area contributed by atoms with Gasteiger partial charge in [0.25, 0.3) is 0 Å². The van der Waals surface area contributed by atoms with Gasteiger partial charge in [-0.25, -0.2) is 9.78 Å². The van der Waals surface area contributed by atoms with Crippen LogP contribution < -0.4 is 10.0 Å². The lowest BCUT2D eigenvalue weighted by Gasteiger charge is -2.16. The van der Waals surface area contributed by atoms with Gasteiger partial charge in [-0.15, -0.1) is 0 Å². The maximum Gasteiger partial charge on any atom is 0.329 e. The monoisotopic (exact) mass is 416 g/mol. The van der Waals surface area contributed by atoms with Crippen LogP contribution in [0.3, 0.4) is 0 Å². The molecule has 0 atom stereocenters. The Bertz CT molecular complexity index is 1160. The van der Waals surface area contributed by atoms with Gasteiger partial charge in [-0.2, -0.15) is 10.4 Å². The summed E-state index contributed by atoms with van der Waals surface area (Å²) in [7, 11) is 0. The highest BCUT2D eigenvalue weighted by atomic mass is 32.2. The van der Waals surface area contributed by atoms with E-state index in [1.807, 2.05) is 29.1 Å². The molecule has 7 nitrogen and oxygen atoms in total. The number of benzene rings is 1. The van der Waals surface area contributed by atoms with E-state index in [0.717, 1.165) is 41.1 Å². The normalized spacial score (nSPS) is 14.8. The molecular formula is C22H20N6OS. The number of nitrogens with one attached hydrogen (secondary N) is 2. The van der Waals surface area contributed by atoms with Gasteiger partial charge >= 0.3 is 6.03 Å². The summed E-state index contributed by atoms with van der Waals surface area (Å²) in [6.07, 6.45) is 8.93. The van der Waals surface area contributed by atoms with E-state index >= 15 is 0 Å². The maximum atomic E-state index is 12.7. The number of hydrogen-bond donors (Lipinski definition) is 2. The molecule has 2 aromatic heterocycles. The minimum atomic E-state index is -0.294. The average Bonchev–Trinajstić information content (AvgIpc) is 3.31. The first-order valence-corrected chi connectivity index (χ1v) is 10.8. The van der Waals surface area contributed by atoms with E-state index in [4.69, 9.17) is 0 Å². The first kappa shape index (κ1) is 18.7. The highest BCUT2D eigenvalue weighted by molar-refractivity contribution is 7.97. The molecule has 2 heterocycles. The minimum absolute atomic E-state index is 0.294. The molecule has 2 aliphatic carbocycles. The fraction of sp³-hybridized carbons (Fsp3) is 0.273. The molecule has 8 heteroatoms. The summed E-state index contributed by atoms with van der Waals surface area (Å²) in [4.78, 5) is 16.8. The number of pyridine rings is 1. The average molecular weight is 417 g/mol. The second-order valence-corrected chi connectivity index (χ2v) is 8.37. The Kier molecular flexibility index (Phi) is 4.89. The van der Waals surface area contributed by atoms with Crippen molar-refractivity contribution in [2.75, 3.05) is 5.32 Å². The Morgan fingerprint density at radius 1 is 1.23 bits per heavy atom. The lowest BCUT2D eigenvalue weighted by molar-refractivity contribution is 0.257. The van der Waals surface area contributed by atoms with Gasteiger partial charge in [0.2, 0.25) is 0 Å². The number of hydrogen-bond acceptors (Lipinski definition) is 5. The molecule has 1 saturated carbocycles. The van der Waals surface area contributed by atoms with Crippen LogP contribution in [0.15, 0.2) is 47.8 Å². The third-order valence-electron chi connectivity index (χ3n) is 5.46. The molecule has 0 saturated heterocycles. The van der Waals surface area contributed by atoms with Crippen molar-refractivity contribution in [3.8, 4) is 17.2 Å². The van der Waals surface area contributed by atoms with Gasteiger partial charge in [0.05, 0.1) is 11.7 Å². The summed E-state index contributed by atoms with van der Waals surface area (Å²) >= 11 is 1.21. The van der Waals surface area contributed by atoms with Crippen LogP contribution in [0.5, 0.6) is 0 Å². The molecule has 0 unspecified atom stereocenters. The molecule has 1 fully saturated rings. The van der Waals surface area contributed by atoms with Crippen LogP contribution in [-0.2, 0) is 12.8 Å². The summed E-state index contributed by atoms with van der Waals surface area (Å²) in [5.74, 6) is 0. The van der Waals surface area contributed by atoms with Crippen molar-refractivity contribution in [2.24, 2.45) is 0 Å². The third-order valence-corrected chi connectivity index (χ3v) is 6.17. The third kappa shape index (κ3) is 3.76. The first-order chi connectivity index (χ1) is 14.7. The number of nitriles is 1. The van der Waals surface area contributed by atoms with Crippen molar-refractivity contribution < 1.29 is 4.79 Å². The van der Waals surface area contributed by atoms with Crippen LogP contribution in [0.2, 0.25) is 0 Å². The Labute approximate surface area is 178 Å². The van der Waals surface area contributed by atoms with Gasteiger partial charge in [-0.3, -0.25) is 9.40 Å². The van der Waals surface area contributed by atoms with E-state index in [0.29, 0.717) is 11.7 Å². The molecule has 0 aliphatic heterocycles. The minimum Gasteiger partial charge on any atom is -0.306 e. The molecule has 0 spiro atoms. The van der Waals surface area contributed by atoms with E-state index in [-0.39, 0.29) is 6.03 Å². The molecule has 2 amide bonds. The first-order valence-electron chi connectivity index (χ1n) is 10.0. The zero-order chi connectivity index (χ0) is 20.5. The molecule has 5 rings (SSSR count). The van der Waals surface area contributed by atoms with Crippen LogP contribution in [0, 0.1) is 11.3 Å². The number of carbonyl (C=O) groups excluding carboxylic acids is 1. The summed E-state index contributed by atoms with van der Waals surface area (Å²) in [6.45, 7) is 0. The molecule has 30 heavy (non-hydrogen) atoms. The topological polar surface area (TPSA) is 95.6 Å². The Balaban J connectivity index is 1.37. The number of fused-ring (bicyclic) bond motifs is 1. The van der Waals surface area contributed by atoms with E-state index in [2.05, 4.69) is 32.3 Å². The smallest absolute Gasteiger partial charge is 0.306 e. The molecule has 1 aromatic carbocycles. The Hall–Kier alpha value is -3.31. The fourth-order valence-corrected chi connectivity index (χ4v) is 4.38. The van der Waals surface area contributed by atoms with Crippen molar-refractivity contribution in [1.29, 1.82) is 5.26 Å². The van der Waals surface area contributed by atoms with Crippen molar-refractivity contribution in [2.45, 2.75) is 43.2 Å². The number of carbonyl (C=O) groups is 1. The van der Waals surface area contributed by atoms with Gasteiger partial charge in [-0.1, -0.05) is 12.1 Å². The van der Waals surface area contributed by atoms with Crippen molar-refractivity contribution in [1.82, 2.24) is 19.5 Å². The molecule has 2 aliphatic rings. The molecule has 2 N–H and O–H groups in total. The Morgan fingerprint density at radius 3 is 2.97 bits per heavy atom. The molecular weight excluding hydrogens is 396 g/mol. The van der Waals surface area contributed by atoms with Crippen LogP contribution in [0.1, 0.15) is 42.1 Å². The number of urea groups is 1. The SMILES string of the molecule is N#Cc1cc(-c2ccc3c(c2NC(=O)NSc2ccn(C4CC4)n2)CCC3)ccn1. The fourth-order valence-electron chi connectivity index (χ4n) is 3.86. The summed E-state index contributed by atoms with van der Waals surface area (Å²) in [6, 6.07) is 12.0. The number of anilines is 1. The number of aromatic nitrogens is 3. The summed E-state index contributed by atoms with van der Waals surface area (Å²) < 4.78 is 4.80. The van der Waals surface area contributed by atoms with Gasteiger partial charge in [-0.05, 0) is 67.0 Å². The van der Waals surface area contributed by atoms with Gasteiger partial charge < -0.3 is 5.32 Å². The summed E-state index contributed by atoms with van der Waals surface area (Å²) in [5, 5.41) is 17.5. The van der Waals surface area contributed by atoms with Crippen LogP contribution in [0.25, 0.3) is 11.1 Å². The predicted molar refractivity (Wildman–Crippen MR) is 115 cm³/mol. The number of aryl methyl sites for hydroxylation is 1. The lowest BCUT2D eigenvalue weighted by Crippen LogP contribution is -2.24. The van der Waals surface area contributed by atoms with Gasteiger partial charge in [0, 0.05) is 29.9 Å². The van der Waals surface area contributed by atoms with E-state index < -0.39 is 0 Å². The molecule has 3 aromatic rings. The van der Waals surface area contributed by atoms with Crippen molar-refractivity contribution >= 4 is 23.7 Å². The number of nitrogens with zero attached hydrogens (tertiary/aromatic N) is 4. The van der Waals surface area contributed by atoms with Gasteiger partial charge in [0.15, 0.2) is 0 Å². The van der Waals surface area contributed by atoms with Crippen LogP contribution in [-0.4, -0.2) is 20.8 Å². The van der Waals surface area contributed by atoms with Crippen LogP contribution >= 0.6 is 11.9 Å². The standard InChI is InChI=1S/C22H20N6OS/c23-13-16-12-15(8-10-24-16)19-7-4-14-2-1-3-18(14)21(19)25-22(29)27-30-20-9-11-28(26-20)17-5-6-17/h4,7-12,17H,1-3,5-6H2,(H2,25,27,29). The van der Waals surface area contributed by atoms with E-state index in [1.165, 1.54) is 35.9 Å². The predicted octanol–water partition coefficient (Wildman–Crippen LogP) is 4.47. The maximum absolute atomic E-state index is 12.7. The van der Waals surface area contributed by atoms with Crippen molar-refractivity contribution in [3.05, 3.63) is 59.5 Å². The molecule has 0 bridgehead atoms. The zero-order valence-corrected chi connectivity index (χ0v) is 17.1. The second kappa shape index (κ2) is 7.84. The molecule has 150 valence electrons. The van der Waals surface area contributed by atoms with Gasteiger partial charge in [0.1, 0.15) is 16.8 Å². The molecule has 0 radical (unpaired) electrons. The van der Waals surface area contributed by atoms with E-state index in [1.54, 1.807) is 12.3 Å². The zero-order valence-electron chi connectivity index (χ0n) is 16.3. The number of rotatable bonds is 5. The highest BCUT2D eigenvalue weighted by Crippen LogP contribution is 2.38. The quantitative estimate of drug-likeness (QED) is 0.598. The van der Waals surface area contributed by atoms with Crippen molar-refractivity contribution in [3.63, 3.8) is 0 Å². The second-order valence-electron chi connectivity index (χ2n) is 7.54. The highest BCUT2D eigenvalue weighted by Gasteiger charge is 2.24. The number of amides is 2. The largest absolute Gasteiger partial charge is 0.329 e. The summed E-state index contributed by atoms with van der Waals surface area (Å²) in [5.41, 5.74) is 5.35. The van der Waals surface area contributed by atoms with E-state index in [9.17, 15) is 10.1 Å². The van der Waals surface area contributed by atoms with Crippen LogP contribution in [0.4, 0.5) is 10.5 Å². The lowest BCUT2D eigenvalue weighted by atomic mass is 9.97.